The highest BCUT2D eigenvalue weighted by atomic mass is 16.5. The summed E-state index contributed by atoms with van der Waals surface area (Å²) in [6.45, 7) is 8.67. The van der Waals surface area contributed by atoms with Gasteiger partial charge in [0.05, 0.1) is 6.61 Å². The first-order chi connectivity index (χ1) is 10.2. The zero-order chi connectivity index (χ0) is 14.7. The summed E-state index contributed by atoms with van der Waals surface area (Å²) in [5.74, 6) is 1.88. The average Bonchev–Trinajstić information content (AvgIpc) is 3.29. The zero-order valence-electron chi connectivity index (χ0n) is 13.1. The molecular formula is C17H27N3O. The molecule has 1 saturated heterocycles. The number of anilines is 2. The number of ether oxygens (including phenoxy) is 1. The van der Waals surface area contributed by atoms with Gasteiger partial charge in [0, 0.05) is 56.2 Å². The van der Waals surface area contributed by atoms with E-state index in [1.54, 1.807) is 0 Å². The van der Waals surface area contributed by atoms with Gasteiger partial charge < -0.3 is 15.4 Å². The topological polar surface area (TPSA) is 41.7 Å². The lowest BCUT2D eigenvalue weighted by atomic mass is 10.2. The molecule has 0 radical (unpaired) electrons. The summed E-state index contributed by atoms with van der Waals surface area (Å²) in [5, 5.41) is 0. The molecule has 1 aliphatic heterocycles. The Labute approximate surface area is 127 Å². The fourth-order valence-corrected chi connectivity index (χ4v) is 2.95. The molecule has 2 fully saturated rings. The van der Waals surface area contributed by atoms with Crippen LogP contribution in [0, 0.1) is 5.92 Å². The molecule has 2 N–H and O–H groups in total. The predicted molar refractivity (Wildman–Crippen MR) is 88.0 cm³/mol. The van der Waals surface area contributed by atoms with E-state index in [9.17, 15) is 0 Å². The van der Waals surface area contributed by atoms with Crippen molar-refractivity contribution in [1.29, 1.82) is 0 Å². The maximum Gasteiger partial charge on any atom is 0.123 e. The number of nitrogens with two attached hydrogens (primary N) is 1. The Bertz CT molecular complexity index is 465. The summed E-state index contributed by atoms with van der Waals surface area (Å²) in [6, 6.07) is 6.11. The van der Waals surface area contributed by atoms with Crippen molar-refractivity contribution in [2.45, 2.75) is 26.2 Å². The molecule has 0 amide bonds. The summed E-state index contributed by atoms with van der Waals surface area (Å²) < 4.78 is 5.73. The van der Waals surface area contributed by atoms with Crippen LogP contribution in [0.2, 0.25) is 0 Å². The second-order valence-corrected chi connectivity index (χ2v) is 6.34. The van der Waals surface area contributed by atoms with Gasteiger partial charge in [-0.25, -0.2) is 0 Å². The van der Waals surface area contributed by atoms with Crippen molar-refractivity contribution in [1.82, 2.24) is 4.90 Å². The van der Waals surface area contributed by atoms with Gasteiger partial charge in [0.2, 0.25) is 0 Å². The standard InChI is InChI=1S/C17H27N3O/c1-2-9-21-17-11-15(18)10-16(12-17)20-7-5-19(6-8-20)13-14-3-4-14/h10-12,14H,2-9,13,18H2,1H3. The van der Waals surface area contributed by atoms with Gasteiger partial charge in [-0.3, -0.25) is 4.90 Å². The van der Waals surface area contributed by atoms with E-state index in [0.29, 0.717) is 0 Å². The Morgan fingerprint density at radius 3 is 2.57 bits per heavy atom. The summed E-state index contributed by atoms with van der Waals surface area (Å²) in [6.07, 6.45) is 3.89. The third-order valence-corrected chi connectivity index (χ3v) is 4.34. The van der Waals surface area contributed by atoms with Gasteiger partial charge in [0.1, 0.15) is 5.75 Å². The molecule has 1 aliphatic carbocycles. The molecule has 0 atom stereocenters. The van der Waals surface area contributed by atoms with Crippen LogP contribution >= 0.6 is 0 Å². The molecule has 0 spiro atoms. The number of rotatable bonds is 6. The van der Waals surface area contributed by atoms with Crippen LogP contribution in [-0.2, 0) is 0 Å². The fraction of sp³-hybridized carbons (Fsp3) is 0.647. The maximum atomic E-state index is 6.02. The van der Waals surface area contributed by atoms with Gasteiger partial charge in [0.15, 0.2) is 0 Å². The molecular weight excluding hydrogens is 262 g/mol. The maximum absolute atomic E-state index is 6.02. The van der Waals surface area contributed by atoms with Gasteiger partial charge >= 0.3 is 0 Å². The smallest absolute Gasteiger partial charge is 0.123 e. The van der Waals surface area contributed by atoms with Crippen LogP contribution in [0.25, 0.3) is 0 Å². The molecule has 2 aliphatic rings. The van der Waals surface area contributed by atoms with Crippen LogP contribution in [0.15, 0.2) is 18.2 Å². The van der Waals surface area contributed by atoms with Crippen molar-refractivity contribution in [3.63, 3.8) is 0 Å². The highest BCUT2D eigenvalue weighted by Gasteiger charge is 2.26. The largest absolute Gasteiger partial charge is 0.493 e. The summed E-state index contributed by atoms with van der Waals surface area (Å²) >= 11 is 0. The molecule has 4 heteroatoms. The van der Waals surface area contributed by atoms with Crippen molar-refractivity contribution < 1.29 is 4.74 Å². The number of nitrogen functional groups attached to an aromatic ring is 1. The normalized spacial score (nSPS) is 19.8. The van der Waals surface area contributed by atoms with Gasteiger partial charge in [-0.1, -0.05) is 6.92 Å². The predicted octanol–water partition coefficient (Wildman–Crippen LogP) is 2.59. The number of hydrogen-bond donors (Lipinski definition) is 1. The van der Waals surface area contributed by atoms with Crippen LogP contribution in [0.4, 0.5) is 11.4 Å². The average molecular weight is 289 g/mol. The summed E-state index contributed by atoms with van der Waals surface area (Å²) in [5.41, 5.74) is 8.01. The number of piperazine rings is 1. The van der Waals surface area contributed by atoms with E-state index in [2.05, 4.69) is 28.9 Å². The molecule has 1 aromatic rings. The minimum Gasteiger partial charge on any atom is -0.493 e. The lowest BCUT2D eigenvalue weighted by Gasteiger charge is -2.36. The van der Waals surface area contributed by atoms with Crippen molar-refractivity contribution >= 4 is 11.4 Å². The first-order valence-electron chi connectivity index (χ1n) is 8.25. The van der Waals surface area contributed by atoms with Crippen LogP contribution in [0.3, 0.4) is 0 Å². The minimum atomic E-state index is 0.748. The highest BCUT2D eigenvalue weighted by Crippen LogP contribution is 2.31. The second-order valence-electron chi connectivity index (χ2n) is 6.34. The monoisotopic (exact) mass is 289 g/mol. The SMILES string of the molecule is CCCOc1cc(N)cc(N2CCN(CC3CC3)CC2)c1. The zero-order valence-corrected chi connectivity index (χ0v) is 13.1. The van der Waals surface area contributed by atoms with Crippen molar-refractivity contribution in [3.05, 3.63) is 18.2 Å². The number of benzene rings is 1. The Morgan fingerprint density at radius 1 is 1.14 bits per heavy atom. The van der Waals surface area contributed by atoms with E-state index in [4.69, 9.17) is 10.5 Å². The number of hydrogen-bond acceptors (Lipinski definition) is 4. The molecule has 116 valence electrons. The Kier molecular flexibility index (Phi) is 4.54. The van der Waals surface area contributed by atoms with E-state index < -0.39 is 0 Å². The molecule has 0 bridgehead atoms. The van der Waals surface area contributed by atoms with Gasteiger partial charge in [-0.05, 0) is 31.2 Å². The van der Waals surface area contributed by atoms with E-state index in [1.807, 2.05) is 6.07 Å². The van der Waals surface area contributed by atoms with Crippen LogP contribution < -0.4 is 15.4 Å². The van der Waals surface area contributed by atoms with Gasteiger partial charge in [-0.15, -0.1) is 0 Å². The van der Waals surface area contributed by atoms with Gasteiger partial charge in [-0.2, -0.15) is 0 Å². The quantitative estimate of drug-likeness (QED) is 0.817. The third-order valence-electron chi connectivity index (χ3n) is 4.34. The first-order valence-corrected chi connectivity index (χ1v) is 8.25. The molecule has 1 heterocycles. The van der Waals surface area contributed by atoms with Crippen molar-refractivity contribution in [2.24, 2.45) is 5.92 Å². The molecule has 4 nitrogen and oxygen atoms in total. The molecule has 1 saturated carbocycles. The number of nitrogens with zero attached hydrogens (tertiary/aromatic N) is 2. The summed E-state index contributed by atoms with van der Waals surface area (Å²) in [7, 11) is 0. The lowest BCUT2D eigenvalue weighted by molar-refractivity contribution is 0.248. The molecule has 0 unspecified atom stereocenters. The second kappa shape index (κ2) is 6.56. The molecule has 3 rings (SSSR count). The van der Waals surface area contributed by atoms with Crippen LogP contribution in [-0.4, -0.2) is 44.2 Å². The van der Waals surface area contributed by atoms with Crippen LogP contribution in [0.5, 0.6) is 5.75 Å². The highest BCUT2D eigenvalue weighted by molar-refractivity contribution is 5.60. The minimum absolute atomic E-state index is 0.748. The molecule has 1 aromatic carbocycles. The van der Waals surface area contributed by atoms with Crippen molar-refractivity contribution in [2.75, 3.05) is 50.0 Å². The van der Waals surface area contributed by atoms with E-state index >= 15 is 0 Å². The van der Waals surface area contributed by atoms with E-state index in [1.165, 1.54) is 25.1 Å². The van der Waals surface area contributed by atoms with Gasteiger partial charge in [0.25, 0.3) is 0 Å². The lowest BCUT2D eigenvalue weighted by Crippen LogP contribution is -2.47. The third kappa shape index (κ3) is 4.03. The van der Waals surface area contributed by atoms with Crippen LogP contribution in [0.1, 0.15) is 26.2 Å². The fourth-order valence-electron chi connectivity index (χ4n) is 2.95. The Balaban J connectivity index is 1.59. The molecule has 21 heavy (non-hydrogen) atoms. The van der Waals surface area contributed by atoms with Crippen molar-refractivity contribution in [3.8, 4) is 5.75 Å². The van der Waals surface area contributed by atoms with E-state index in [0.717, 1.165) is 56.6 Å². The summed E-state index contributed by atoms with van der Waals surface area (Å²) in [4.78, 5) is 5.04. The Morgan fingerprint density at radius 2 is 1.90 bits per heavy atom. The Hall–Kier alpha value is -1.42. The van der Waals surface area contributed by atoms with E-state index in [-0.39, 0.29) is 0 Å². The molecule has 0 aromatic heterocycles. The first kappa shape index (κ1) is 14.5.